The topological polar surface area (TPSA) is 120 Å². The van der Waals surface area contributed by atoms with Crippen LogP contribution in [-0.4, -0.2) is 45.6 Å². The van der Waals surface area contributed by atoms with E-state index in [4.69, 9.17) is 0 Å². The van der Waals surface area contributed by atoms with Gasteiger partial charge >= 0.3 is 0 Å². The van der Waals surface area contributed by atoms with Crippen LogP contribution in [-0.2, 0) is 0 Å². The molecule has 33 heavy (non-hydrogen) atoms. The highest BCUT2D eigenvalue weighted by Crippen LogP contribution is 2.25. The summed E-state index contributed by atoms with van der Waals surface area (Å²) in [6.45, 7) is 5.78. The van der Waals surface area contributed by atoms with Crippen molar-refractivity contribution in [1.29, 1.82) is 0 Å². The summed E-state index contributed by atoms with van der Waals surface area (Å²) in [6, 6.07) is 3.45. The highest BCUT2D eigenvalue weighted by Gasteiger charge is 2.21. The summed E-state index contributed by atoms with van der Waals surface area (Å²) in [5.41, 5.74) is 2.83. The van der Waals surface area contributed by atoms with Gasteiger partial charge in [-0.2, -0.15) is 0 Å². The number of nitrogens with one attached hydrogen (secondary N) is 1. The molecule has 0 aromatic carbocycles. The molecule has 0 fully saturated rings. The number of pyridine rings is 1. The maximum Gasteiger partial charge on any atom is 0.274 e. The number of fused-ring (bicyclic) bond motifs is 2. The largest absolute Gasteiger partial charge is 0.329 e. The van der Waals surface area contributed by atoms with E-state index < -0.39 is 0 Å². The van der Waals surface area contributed by atoms with Crippen LogP contribution < -0.4 is 5.32 Å². The van der Waals surface area contributed by atoms with Crippen molar-refractivity contribution in [2.75, 3.05) is 5.32 Å². The SMILES string of the molecule is Cc1nc2ncccn2c1C(=O)Nc1cncc(C(=O)c2cn(C(C)C)c3ncncc23)c1. The van der Waals surface area contributed by atoms with Crippen molar-refractivity contribution < 1.29 is 9.59 Å². The molecule has 0 bridgehead atoms. The Labute approximate surface area is 188 Å². The Kier molecular flexibility index (Phi) is 4.89. The maximum atomic E-state index is 13.3. The Morgan fingerprint density at radius 2 is 1.94 bits per heavy atom. The van der Waals surface area contributed by atoms with E-state index in [1.165, 1.54) is 18.7 Å². The number of anilines is 1. The molecule has 10 heteroatoms. The Bertz CT molecular complexity index is 1530. The van der Waals surface area contributed by atoms with E-state index in [0.717, 1.165) is 0 Å². The number of carbonyl (C=O) groups is 2. The zero-order valence-electron chi connectivity index (χ0n) is 18.2. The van der Waals surface area contributed by atoms with Crippen molar-refractivity contribution in [3.63, 3.8) is 0 Å². The minimum Gasteiger partial charge on any atom is -0.329 e. The molecule has 0 saturated carbocycles. The standard InChI is InChI=1S/C23H20N8O2/c1-13(2)31-11-18(17-10-25-12-27-21(17)31)20(32)15-7-16(9-24-8-15)29-22(33)19-14(3)28-23-26-5-4-6-30(19)23/h4-13H,1-3H3,(H,29,33). The van der Waals surface area contributed by atoms with Crippen LogP contribution >= 0.6 is 0 Å². The molecule has 10 nitrogen and oxygen atoms in total. The van der Waals surface area contributed by atoms with Crippen LogP contribution in [0.25, 0.3) is 16.8 Å². The molecule has 0 spiro atoms. The summed E-state index contributed by atoms with van der Waals surface area (Å²) in [5.74, 6) is -0.164. The Hall–Kier alpha value is -4.47. The van der Waals surface area contributed by atoms with Crippen LogP contribution in [0.1, 0.15) is 52.0 Å². The lowest BCUT2D eigenvalue weighted by Gasteiger charge is -2.07. The van der Waals surface area contributed by atoms with Crippen molar-refractivity contribution in [1.82, 2.24) is 33.9 Å². The normalized spacial score (nSPS) is 11.4. The first-order chi connectivity index (χ1) is 15.9. The van der Waals surface area contributed by atoms with E-state index in [1.54, 1.807) is 48.2 Å². The average Bonchev–Trinajstić information content (AvgIpc) is 3.36. The van der Waals surface area contributed by atoms with Crippen LogP contribution in [0.5, 0.6) is 0 Å². The molecule has 164 valence electrons. The fraction of sp³-hybridized carbons (Fsp3) is 0.174. The molecule has 5 rings (SSSR count). The molecular weight excluding hydrogens is 420 g/mol. The molecule has 0 aliphatic rings. The first kappa shape index (κ1) is 20.4. The lowest BCUT2D eigenvalue weighted by molar-refractivity contribution is 0.101. The number of amides is 1. The van der Waals surface area contributed by atoms with Gasteiger partial charge in [0.15, 0.2) is 5.78 Å². The van der Waals surface area contributed by atoms with E-state index in [9.17, 15) is 9.59 Å². The molecular formula is C23H20N8O2. The van der Waals surface area contributed by atoms with Crippen molar-refractivity contribution in [2.24, 2.45) is 0 Å². The van der Waals surface area contributed by atoms with Gasteiger partial charge < -0.3 is 9.88 Å². The van der Waals surface area contributed by atoms with Crippen LogP contribution in [0.3, 0.4) is 0 Å². The van der Waals surface area contributed by atoms with Gasteiger partial charge in [-0.3, -0.25) is 19.0 Å². The second kappa shape index (κ2) is 7.90. The minimum absolute atomic E-state index is 0.121. The third kappa shape index (κ3) is 3.51. The summed E-state index contributed by atoms with van der Waals surface area (Å²) in [7, 11) is 0. The predicted molar refractivity (Wildman–Crippen MR) is 121 cm³/mol. The molecule has 5 aromatic rings. The summed E-state index contributed by atoms with van der Waals surface area (Å²) < 4.78 is 3.55. The number of nitrogens with zero attached hydrogens (tertiary/aromatic N) is 7. The molecule has 0 atom stereocenters. The molecule has 5 aromatic heterocycles. The lowest BCUT2D eigenvalue weighted by atomic mass is 10.1. The molecule has 1 amide bonds. The van der Waals surface area contributed by atoms with E-state index in [2.05, 4.69) is 30.2 Å². The van der Waals surface area contributed by atoms with E-state index in [0.29, 0.717) is 45.0 Å². The van der Waals surface area contributed by atoms with Gasteiger partial charge in [0.25, 0.3) is 5.91 Å². The maximum absolute atomic E-state index is 13.3. The molecule has 0 aliphatic carbocycles. The fourth-order valence-corrected chi connectivity index (χ4v) is 3.81. The highest BCUT2D eigenvalue weighted by atomic mass is 16.2. The van der Waals surface area contributed by atoms with Gasteiger partial charge in [-0.15, -0.1) is 0 Å². The van der Waals surface area contributed by atoms with Crippen LogP contribution in [0, 0.1) is 6.92 Å². The van der Waals surface area contributed by atoms with Gasteiger partial charge in [0.1, 0.15) is 17.7 Å². The van der Waals surface area contributed by atoms with E-state index >= 15 is 0 Å². The quantitative estimate of drug-likeness (QED) is 0.417. The monoisotopic (exact) mass is 440 g/mol. The Morgan fingerprint density at radius 3 is 2.76 bits per heavy atom. The van der Waals surface area contributed by atoms with Crippen molar-refractivity contribution in [3.05, 3.63) is 78.2 Å². The lowest BCUT2D eigenvalue weighted by Crippen LogP contribution is -2.16. The van der Waals surface area contributed by atoms with E-state index in [1.807, 2.05) is 18.4 Å². The number of hydrogen-bond donors (Lipinski definition) is 1. The molecule has 5 heterocycles. The zero-order valence-corrected chi connectivity index (χ0v) is 18.2. The number of ketones is 1. The number of hydrogen-bond acceptors (Lipinski definition) is 7. The second-order valence-corrected chi connectivity index (χ2v) is 7.88. The minimum atomic E-state index is -0.371. The Balaban J connectivity index is 1.48. The van der Waals surface area contributed by atoms with Crippen LogP contribution in [0.15, 0.2) is 55.6 Å². The molecule has 1 N–H and O–H groups in total. The molecule has 0 unspecified atom stereocenters. The predicted octanol–water partition coefficient (Wildman–Crippen LogP) is 3.24. The summed E-state index contributed by atoms with van der Waals surface area (Å²) in [4.78, 5) is 47.4. The highest BCUT2D eigenvalue weighted by molar-refractivity contribution is 6.16. The van der Waals surface area contributed by atoms with Gasteiger partial charge in [0.05, 0.1) is 23.1 Å². The van der Waals surface area contributed by atoms with Crippen LogP contribution in [0.4, 0.5) is 5.69 Å². The number of aryl methyl sites for hydroxylation is 1. The summed E-state index contributed by atoms with van der Waals surface area (Å²) >= 11 is 0. The number of rotatable bonds is 5. The van der Waals surface area contributed by atoms with Gasteiger partial charge in [-0.1, -0.05) is 0 Å². The number of aromatic nitrogens is 7. The summed E-state index contributed by atoms with van der Waals surface area (Å²) in [5, 5.41) is 3.48. The van der Waals surface area contributed by atoms with Crippen molar-refractivity contribution in [3.8, 4) is 0 Å². The molecule has 0 radical (unpaired) electrons. The second-order valence-electron chi connectivity index (χ2n) is 7.88. The number of imidazole rings is 1. The first-order valence-electron chi connectivity index (χ1n) is 10.4. The smallest absolute Gasteiger partial charge is 0.274 e. The van der Waals surface area contributed by atoms with Crippen LogP contribution in [0.2, 0.25) is 0 Å². The zero-order chi connectivity index (χ0) is 23.1. The third-order valence-corrected chi connectivity index (χ3v) is 5.35. The van der Waals surface area contributed by atoms with Crippen molar-refractivity contribution in [2.45, 2.75) is 26.8 Å². The molecule has 0 saturated heterocycles. The van der Waals surface area contributed by atoms with Gasteiger partial charge in [-0.05, 0) is 32.9 Å². The number of carbonyl (C=O) groups excluding carboxylic acids is 2. The van der Waals surface area contributed by atoms with Gasteiger partial charge in [0.2, 0.25) is 5.78 Å². The Morgan fingerprint density at radius 1 is 1.09 bits per heavy atom. The molecule has 0 aliphatic heterocycles. The summed E-state index contributed by atoms with van der Waals surface area (Å²) in [6.07, 6.45) is 11.2. The fourth-order valence-electron chi connectivity index (χ4n) is 3.81. The first-order valence-corrected chi connectivity index (χ1v) is 10.4. The van der Waals surface area contributed by atoms with Gasteiger partial charge in [-0.25, -0.2) is 19.9 Å². The average molecular weight is 440 g/mol. The van der Waals surface area contributed by atoms with E-state index in [-0.39, 0.29) is 17.7 Å². The van der Waals surface area contributed by atoms with Crippen molar-refractivity contribution >= 4 is 34.2 Å². The van der Waals surface area contributed by atoms with Gasteiger partial charge in [0, 0.05) is 48.0 Å². The third-order valence-electron chi connectivity index (χ3n) is 5.35.